The predicted molar refractivity (Wildman–Crippen MR) is 105 cm³/mol. The van der Waals surface area contributed by atoms with Crippen molar-refractivity contribution in [3.05, 3.63) is 61.2 Å². The van der Waals surface area contributed by atoms with E-state index in [1.807, 2.05) is 23.1 Å². The zero-order valence-electron chi connectivity index (χ0n) is 15.3. The summed E-state index contributed by atoms with van der Waals surface area (Å²) in [6.45, 7) is 1.26. The van der Waals surface area contributed by atoms with E-state index in [0.717, 1.165) is 11.5 Å². The first kappa shape index (κ1) is 17.8. The Morgan fingerprint density at radius 3 is 2.76 bits per heavy atom. The van der Waals surface area contributed by atoms with Crippen LogP contribution in [0.1, 0.15) is 6.42 Å². The molecule has 0 radical (unpaired) electrons. The zero-order chi connectivity index (χ0) is 19.8. The van der Waals surface area contributed by atoms with Crippen molar-refractivity contribution in [1.29, 1.82) is 0 Å². The Bertz CT molecular complexity index is 1230. The molecule has 4 heterocycles. The normalized spacial score (nSPS) is 17.2. The van der Waals surface area contributed by atoms with Crippen LogP contribution in [0.5, 0.6) is 0 Å². The number of fused-ring (bicyclic) bond motifs is 1. The van der Waals surface area contributed by atoms with Gasteiger partial charge in [-0.05, 0) is 48.9 Å². The van der Waals surface area contributed by atoms with Crippen LogP contribution in [0.4, 0.5) is 5.82 Å². The molecule has 1 N–H and O–H groups in total. The third-order valence-corrected chi connectivity index (χ3v) is 6.43. The minimum atomic E-state index is -3.61. The minimum Gasteiger partial charge on any atom is -0.354 e. The molecule has 1 aliphatic rings. The van der Waals surface area contributed by atoms with Crippen LogP contribution in [-0.2, 0) is 10.0 Å². The molecule has 1 unspecified atom stereocenters. The summed E-state index contributed by atoms with van der Waals surface area (Å²) in [7, 11) is -3.61. The van der Waals surface area contributed by atoms with E-state index < -0.39 is 10.0 Å². The van der Waals surface area contributed by atoms with Gasteiger partial charge in [-0.25, -0.2) is 17.8 Å². The van der Waals surface area contributed by atoms with Crippen molar-refractivity contribution >= 4 is 21.5 Å². The van der Waals surface area contributed by atoms with Crippen LogP contribution < -0.4 is 9.62 Å². The number of aromatic nitrogens is 6. The molecule has 0 aliphatic carbocycles. The lowest BCUT2D eigenvalue weighted by Gasteiger charge is -2.18. The number of anilines is 1. The van der Waals surface area contributed by atoms with E-state index in [2.05, 4.69) is 25.1 Å². The average molecular weight is 410 g/mol. The van der Waals surface area contributed by atoms with Gasteiger partial charge in [-0.2, -0.15) is 9.61 Å². The highest BCUT2D eigenvalue weighted by atomic mass is 32.2. The Labute approximate surface area is 166 Å². The number of nitrogens with zero attached hydrogens (tertiary/aromatic N) is 7. The maximum absolute atomic E-state index is 12.8. The van der Waals surface area contributed by atoms with Crippen LogP contribution in [0.2, 0.25) is 0 Å². The van der Waals surface area contributed by atoms with E-state index in [4.69, 9.17) is 0 Å². The molecule has 1 atom stereocenters. The Kier molecular flexibility index (Phi) is 4.25. The van der Waals surface area contributed by atoms with Crippen molar-refractivity contribution in [3.63, 3.8) is 0 Å². The van der Waals surface area contributed by atoms with Crippen LogP contribution in [-0.4, -0.2) is 57.1 Å². The fourth-order valence-electron chi connectivity index (χ4n) is 3.44. The van der Waals surface area contributed by atoms with Gasteiger partial charge in [0, 0.05) is 31.5 Å². The lowest BCUT2D eigenvalue weighted by Crippen LogP contribution is -2.37. The summed E-state index contributed by atoms with van der Waals surface area (Å²) in [5, 5.41) is 16.4. The molecule has 1 fully saturated rings. The number of nitrogens with one attached hydrogen (secondary N) is 1. The SMILES string of the molecule is O=S(=O)(NC1CCN(c2ccc3nncn3n2)C1)c1ccc(-n2cccn2)cc1. The van der Waals surface area contributed by atoms with Gasteiger partial charge in [0.25, 0.3) is 0 Å². The van der Waals surface area contributed by atoms with E-state index in [-0.39, 0.29) is 10.9 Å². The Morgan fingerprint density at radius 1 is 1.10 bits per heavy atom. The van der Waals surface area contributed by atoms with Crippen LogP contribution in [0.15, 0.2) is 66.1 Å². The molecule has 3 aromatic heterocycles. The van der Waals surface area contributed by atoms with E-state index in [9.17, 15) is 8.42 Å². The maximum Gasteiger partial charge on any atom is 0.240 e. The lowest BCUT2D eigenvalue weighted by atomic mass is 10.3. The third-order valence-electron chi connectivity index (χ3n) is 4.90. The summed E-state index contributed by atoms with van der Waals surface area (Å²) in [5.74, 6) is 0.766. The fraction of sp³-hybridized carbons (Fsp3) is 0.222. The Balaban J connectivity index is 1.28. The van der Waals surface area contributed by atoms with Crippen molar-refractivity contribution in [2.24, 2.45) is 0 Å². The van der Waals surface area contributed by atoms with Crippen LogP contribution >= 0.6 is 0 Å². The van der Waals surface area contributed by atoms with Gasteiger partial charge in [0.05, 0.1) is 10.6 Å². The van der Waals surface area contributed by atoms with E-state index >= 15 is 0 Å². The summed E-state index contributed by atoms with van der Waals surface area (Å²) in [5.41, 5.74) is 1.47. The van der Waals surface area contributed by atoms with Crippen molar-refractivity contribution in [2.45, 2.75) is 17.4 Å². The monoisotopic (exact) mass is 410 g/mol. The highest BCUT2D eigenvalue weighted by molar-refractivity contribution is 7.89. The summed E-state index contributed by atoms with van der Waals surface area (Å²) < 4.78 is 31.7. The van der Waals surface area contributed by atoms with E-state index in [1.165, 1.54) is 0 Å². The lowest BCUT2D eigenvalue weighted by molar-refractivity contribution is 0.561. The molecule has 0 amide bonds. The molecule has 0 spiro atoms. The largest absolute Gasteiger partial charge is 0.354 e. The predicted octanol–water partition coefficient (Wildman–Crippen LogP) is 0.867. The first-order valence-electron chi connectivity index (χ1n) is 9.13. The zero-order valence-corrected chi connectivity index (χ0v) is 16.1. The molecule has 1 aromatic carbocycles. The number of hydrogen-bond donors (Lipinski definition) is 1. The van der Waals surface area contributed by atoms with Crippen LogP contribution in [0.3, 0.4) is 0 Å². The fourth-order valence-corrected chi connectivity index (χ4v) is 4.70. The van der Waals surface area contributed by atoms with Gasteiger partial charge >= 0.3 is 0 Å². The maximum atomic E-state index is 12.8. The average Bonchev–Trinajstić information content (AvgIpc) is 3.48. The molecule has 5 rings (SSSR count). The van der Waals surface area contributed by atoms with Gasteiger partial charge in [-0.15, -0.1) is 15.3 Å². The van der Waals surface area contributed by atoms with Crippen molar-refractivity contribution in [1.82, 2.24) is 34.3 Å². The van der Waals surface area contributed by atoms with Gasteiger partial charge in [-0.1, -0.05) is 0 Å². The standard InChI is InChI=1S/C18H18N8O2S/c27-29(28,16-4-2-15(3-5-16)25-10-1-9-20-25)23-14-8-11-24(12-14)18-7-6-17-21-19-13-26(17)22-18/h1-7,9-10,13-14,23H,8,11-12H2. The van der Waals surface area contributed by atoms with Gasteiger partial charge in [0.15, 0.2) is 5.65 Å². The molecule has 0 saturated carbocycles. The Morgan fingerprint density at radius 2 is 1.97 bits per heavy atom. The van der Waals surface area contributed by atoms with Gasteiger partial charge in [-0.3, -0.25) is 0 Å². The van der Waals surface area contributed by atoms with E-state index in [0.29, 0.717) is 25.2 Å². The second-order valence-corrected chi connectivity index (χ2v) is 8.54. The molecule has 11 heteroatoms. The number of benzene rings is 1. The molecule has 4 aromatic rings. The number of rotatable bonds is 5. The summed E-state index contributed by atoms with van der Waals surface area (Å²) >= 11 is 0. The highest BCUT2D eigenvalue weighted by Crippen LogP contribution is 2.20. The number of hydrogen-bond acceptors (Lipinski definition) is 7. The quantitative estimate of drug-likeness (QED) is 0.520. The van der Waals surface area contributed by atoms with Gasteiger partial charge in [0.1, 0.15) is 12.1 Å². The second-order valence-electron chi connectivity index (χ2n) is 6.82. The van der Waals surface area contributed by atoms with Crippen molar-refractivity contribution < 1.29 is 8.42 Å². The summed E-state index contributed by atoms with van der Waals surface area (Å²) in [6, 6.07) is 12.0. The molecule has 148 valence electrons. The van der Waals surface area contributed by atoms with Gasteiger partial charge in [0.2, 0.25) is 10.0 Å². The first-order chi connectivity index (χ1) is 14.1. The molecular weight excluding hydrogens is 392 g/mol. The van der Waals surface area contributed by atoms with E-state index in [1.54, 1.807) is 52.2 Å². The number of sulfonamides is 1. The van der Waals surface area contributed by atoms with Crippen LogP contribution in [0.25, 0.3) is 11.3 Å². The first-order valence-corrected chi connectivity index (χ1v) is 10.6. The van der Waals surface area contributed by atoms with Gasteiger partial charge < -0.3 is 4.90 Å². The molecule has 0 bridgehead atoms. The minimum absolute atomic E-state index is 0.191. The Hall–Kier alpha value is -3.31. The van der Waals surface area contributed by atoms with Crippen LogP contribution in [0, 0.1) is 0 Å². The van der Waals surface area contributed by atoms with Crippen molar-refractivity contribution in [2.75, 3.05) is 18.0 Å². The third kappa shape index (κ3) is 3.45. The molecule has 1 saturated heterocycles. The smallest absolute Gasteiger partial charge is 0.240 e. The molecule has 10 nitrogen and oxygen atoms in total. The summed E-state index contributed by atoms with van der Waals surface area (Å²) in [6.07, 6.45) is 5.72. The topological polar surface area (TPSA) is 110 Å². The molecule has 1 aliphatic heterocycles. The second kappa shape index (κ2) is 6.94. The molecular formula is C18H18N8O2S. The highest BCUT2D eigenvalue weighted by Gasteiger charge is 2.28. The molecule has 29 heavy (non-hydrogen) atoms. The van der Waals surface area contributed by atoms with Crippen molar-refractivity contribution in [3.8, 4) is 5.69 Å². The summed E-state index contributed by atoms with van der Waals surface area (Å²) in [4.78, 5) is 2.28.